The Bertz CT molecular complexity index is 661. The third-order valence-electron chi connectivity index (χ3n) is 2.87. The molecule has 0 amide bonds. The molecular formula is C13H16N4O4S. The van der Waals surface area contributed by atoms with Gasteiger partial charge in [0.05, 0.1) is 21.3 Å². The minimum Gasteiger partial charge on any atom is -0.497 e. The molecule has 2 aromatic rings. The van der Waals surface area contributed by atoms with Crippen molar-refractivity contribution in [2.75, 3.05) is 21.3 Å². The quantitative estimate of drug-likeness (QED) is 0.581. The maximum Gasteiger partial charge on any atom is 0.318 e. The topological polar surface area (TPSA) is 88.4 Å². The lowest BCUT2D eigenvalue weighted by atomic mass is 10.3. The van der Waals surface area contributed by atoms with Crippen LogP contribution in [0.4, 0.5) is 0 Å². The van der Waals surface area contributed by atoms with Crippen molar-refractivity contribution in [2.45, 2.75) is 17.3 Å². The number of hydrogen-bond donors (Lipinski definition) is 0. The molecule has 0 aliphatic carbocycles. The molecule has 1 aromatic carbocycles. The SMILES string of the molecule is COC(=O)[C@@H](C)Sc1nnnn1-c1cc(OC)ccc1OC. The number of carbonyl (C=O) groups excluding carboxylic acids is 1. The Kier molecular flexibility index (Phi) is 5.21. The van der Waals surface area contributed by atoms with Gasteiger partial charge in [0, 0.05) is 6.07 Å². The van der Waals surface area contributed by atoms with Crippen molar-refractivity contribution in [1.82, 2.24) is 20.2 Å². The molecular weight excluding hydrogens is 308 g/mol. The van der Waals surface area contributed by atoms with Crippen molar-refractivity contribution in [3.05, 3.63) is 18.2 Å². The normalized spacial score (nSPS) is 11.8. The summed E-state index contributed by atoms with van der Waals surface area (Å²) < 4.78 is 16.7. The fraction of sp³-hybridized carbons (Fsp3) is 0.385. The molecule has 1 atom stereocenters. The van der Waals surface area contributed by atoms with E-state index in [1.54, 1.807) is 39.3 Å². The van der Waals surface area contributed by atoms with Crippen LogP contribution in [-0.2, 0) is 9.53 Å². The molecule has 118 valence electrons. The van der Waals surface area contributed by atoms with Crippen molar-refractivity contribution in [3.8, 4) is 17.2 Å². The summed E-state index contributed by atoms with van der Waals surface area (Å²) in [6.45, 7) is 1.72. The van der Waals surface area contributed by atoms with Crippen molar-refractivity contribution in [2.24, 2.45) is 0 Å². The molecule has 8 nitrogen and oxygen atoms in total. The monoisotopic (exact) mass is 324 g/mol. The Labute approximate surface area is 131 Å². The Morgan fingerprint density at radius 2 is 2.05 bits per heavy atom. The number of esters is 1. The van der Waals surface area contributed by atoms with Gasteiger partial charge in [0.15, 0.2) is 0 Å². The number of nitrogens with zero attached hydrogens (tertiary/aromatic N) is 4. The molecule has 0 aliphatic heterocycles. The number of methoxy groups -OCH3 is 3. The van der Waals surface area contributed by atoms with E-state index in [0.717, 1.165) is 0 Å². The average Bonchev–Trinajstić information content (AvgIpc) is 3.01. The summed E-state index contributed by atoms with van der Waals surface area (Å²) in [6, 6.07) is 5.28. The number of carbonyl (C=O) groups is 1. The molecule has 0 spiro atoms. The zero-order chi connectivity index (χ0) is 16.1. The van der Waals surface area contributed by atoms with Crippen LogP contribution in [0.1, 0.15) is 6.92 Å². The van der Waals surface area contributed by atoms with E-state index in [1.165, 1.54) is 23.6 Å². The number of rotatable bonds is 6. The van der Waals surface area contributed by atoms with Crippen molar-refractivity contribution in [3.63, 3.8) is 0 Å². The summed E-state index contributed by atoms with van der Waals surface area (Å²) in [5.74, 6) is 0.876. The molecule has 0 unspecified atom stereocenters. The van der Waals surface area contributed by atoms with E-state index in [4.69, 9.17) is 14.2 Å². The van der Waals surface area contributed by atoms with Crippen LogP contribution < -0.4 is 9.47 Å². The van der Waals surface area contributed by atoms with Crippen LogP contribution in [0, 0.1) is 0 Å². The van der Waals surface area contributed by atoms with Gasteiger partial charge in [0.1, 0.15) is 22.4 Å². The number of ether oxygens (including phenoxy) is 3. The molecule has 0 fully saturated rings. The predicted molar refractivity (Wildman–Crippen MR) is 79.6 cm³/mol. The predicted octanol–water partition coefficient (Wildman–Crippen LogP) is 1.33. The molecule has 1 aromatic heterocycles. The van der Waals surface area contributed by atoms with Crippen molar-refractivity contribution >= 4 is 17.7 Å². The van der Waals surface area contributed by atoms with Crippen LogP contribution in [0.3, 0.4) is 0 Å². The van der Waals surface area contributed by atoms with Gasteiger partial charge in [-0.25, -0.2) is 0 Å². The van der Waals surface area contributed by atoms with Gasteiger partial charge in [-0.1, -0.05) is 11.8 Å². The lowest BCUT2D eigenvalue weighted by Gasteiger charge is -2.12. The van der Waals surface area contributed by atoms with Crippen LogP contribution in [0.2, 0.25) is 0 Å². The molecule has 1 heterocycles. The maximum atomic E-state index is 11.5. The molecule has 22 heavy (non-hydrogen) atoms. The first-order valence-electron chi connectivity index (χ1n) is 6.36. The van der Waals surface area contributed by atoms with Crippen molar-refractivity contribution < 1.29 is 19.0 Å². The molecule has 0 saturated carbocycles. The molecule has 0 saturated heterocycles. The second-order valence-corrected chi connectivity index (χ2v) is 5.50. The highest BCUT2D eigenvalue weighted by Crippen LogP contribution is 2.30. The number of thioether (sulfide) groups is 1. The van der Waals surface area contributed by atoms with Gasteiger partial charge in [-0.05, 0) is 29.5 Å². The van der Waals surface area contributed by atoms with E-state index < -0.39 is 5.25 Å². The first kappa shape index (κ1) is 16.1. The highest BCUT2D eigenvalue weighted by molar-refractivity contribution is 8.00. The molecule has 2 rings (SSSR count). The summed E-state index contributed by atoms with van der Waals surface area (Å²) in [5.41, 5.74) is 0.617. The summed E-state index contributed by atoms with van der Waals surface area (Å²) >= 11 is 1.19. The number of aromatic nitrogens is 4. The first-order chi connectivity index (χ1) is 10.6. The largest absolute Gasteiger partial charge is 0.497 e. The van der Waals surface area contributed by atoms with E-state index in [0.29, 0.717) is 22.3 Å². The molecule has 0 aliphatic rings. The Morgan fingerprint density at radius 1 is 1.27 bits per heavy atom. The van der Waals surface area contributed by atoms with Crippen LogP contribution in [0.25, 0.3) is 5.69 Å². The summed E-state index contributed by atoms with van der Waals surface area (Å²) in [6.07, 6.45) is 0. The van der Waals surface area contributed by atoms with Gasteiger partial charge < -0.3 is 14.2 Å². The fourth-order valence-corrected chi connectivity index (χ4v) is 2.57. The molecule has 9 heteroatoms. The zero-order valence-electron chi connectivity index (χ0n) is 12.6. The number of hydrogen-bond acceptors (Lipinski definition) is 8. The van der Waals surface area contributed by atoms with Crippen molar-refractivity contribution in [1.29, 1.82) is 0 Å². The van der Waals surface area contributed by atoms with E-state index in [-0.39, 0.29) is 5.97 Å². The van der Waals surface area contributed by atoms with Crippen LogP contribution in [-0.4, -0.2) is 52.8 Å². The Hall–Kier alpha value is -2.29. The lowest BCUT2D eigenvalue weighted by Crippen LogP contribution is -2.15. The summed E-state index contributed by atoms with van der Waals surface area (Å²) in [5, 5.41) is 11.6. The average molecular weight is 324 g/mol. The van der Waals surface area contributed by atoms with E-state index in [9.17, 15) is 4.79 Å². The van der Waals surface area contributed by atoms with Crippen LogP contribution in [0.15, 0.2) is 23.4 Å². The molecule has 0 N–H and O–H groups in total. The van der Waals surface area contributed by atoms with Gasteiger partial charge in [-0.3, -0.25) is 4.79 Å². The standard InChI is InChI=1S/C13H16N4O4S/c1-8(12(18)21-4)22-13-14-15-16-17(13)10-7-9(19-2)5-6-11(10)20-3/h5-8H,1-4H3/t8-/m1/s1. The highest BCUT2D eigenvalue weighted by atomic mass is 32.2. The van der Waals surface area contributed by atoms with Gasteiger partial charge in [0.2, 0.25) is 5.16 Å². The number of benzene rings is 1. The second-order valence-electron chi connectivity index (χ2n) is 4.19. The third-order valence-corrected chi connectivity index (χ3v) is 3.88. The molecule has 0 radical (unpaired) electrons. The summed E-state index contributed by atoms with van der Waals surface area (Å²) in [7, 11) is 4.47. The highest BCUT2D eigenvalue weighted by Gasteiger charge is 2.21. The van der Waals surface area contributed by atoms with Gasteiger partial charge in [-0.2, -0.15) is 4.68 Å². The van der Waals surface area contributed by atoms with Gasteiger partial charge in [-0.15, -0.1) is 5.10 Å². The minimum atomic E-state index is -0.439. The van der Waals surface area contributed by atoms with E-state index in [2.05, 4.69) is 15.5 Å². The van der Waals surface area contributed by atoms with Gasteiger partial charge in [0.25, 0.3) is 0 Å². The first-order valence-corrected chi connectivity index (χ1v) is 7.24. The lowest BCUT2D eigenvalue weighted by molar-refractivity contribution is -0.139. The Morgan fingerprint density at radius 3 is 2.68 bits per heavy atom. The third kappa shape index (κ3) is 3.30. The number of tetrazole rings is 1. The smallest absolute Gasteiger partial charge is 0.318 e. The molecule has 0 bridgehead atoms. The minimum absolute atomic E-state index is 0.350. The van der Waals surface area contributed by atoms with E-state index >= 15 is 0 Å². The maximum absolute atomic E-state index is 11.5. The summed E-state index contributed by atoms with van der Waals surface area (Å²) in [4.78, 5) is 11.5. The Balaban J connectivity index is 2.38. The van der Waals surface area contributed by atoms with Crippen LogP contribution in [0.5, 0.6) is 11.5 Å². The fourth-order valence-electron chi connectivity index (χ4n) is 1.74. The zero-order valence-corrected chi connectivity index (χ0v) is 13.5. The second kappa shape index (κ2) is 7.12. The van der Waals surface area contributed by atoms with E-state index in [1.807, 2.05) is 0 Å². The van der Waals surface area contributed by atoms with Gasteiger partial charge >= 0.3 is 5.97 Å². The van der Waals surface area contributed by atoms with Crippen LogP contribution >= 0.6 is 11.8 Å².